The molecule has 0 spiro atoms. The minimum atomic E-state index is -2.98. The van der Waals surface area contributed by atoms with Gasteiger partial charge >= 0.3 is 0 Å². The fourth-order valence-corrected chi connectivity index (χ4v) is 6.79. The fraction of sp³-hybridized carbons (Fsp3) is 0.219. The number of primary amides is 1. The summed E-state index contributed by atoms with van der Waals surface area (Å²) in [4.78, 5) is 41.1. The summed E-state index contributed by atoms with van der Waals surface area (Å²) in [6, 6.07) is 16.4. The van der Waals surface area contributed by atoms with E-state index < -0.39 is 75.5 Å². The molecule has 0 aliphatic heterocycles. The average molecular weight is 569 g/mol. The number of aliphatic hydroxyl groups is 4. The van der Waals surface area contributed by atoms with E-state index in [1.54, 1.807) is 12.1 Å². The third kappa shape index (κ3) is 3.59. The highest BCUT2D eigenvalue weighted by Crippen LogP contribution is 2.55. The van der Waals surface area contributed by atoms with E-state index in [0.29, 0.717) is 16.7 Å². The van der Waals surface area contributed by atoms with Gasteiger partial charge in [0.15, 0.2) is 11.4 Å². The number of aromatic hydroxyl groups is 1. The van der Waals surface area contributed by atoms with Crippen molar-refractivity contribution in [3.8, 4) is 5.75 Å². The summed E-state index contributed by atoms with van der Waals surface area (Å²) in [5.41, 5.74) is 2.08. The van der Waals surface area contributed by atoms with Crippen molar-refractivity contribution in [2.45, 2.75) is 17.7 Å². The van der Waals surface area contributed by atoms with Crippen LogP contribution in [0.15, 0.2) is 83.3 Å². The number of hydrogen-bond donors (Lipinski definition) is 6. The van der Waals surface area contributed by atoms with Crippen LogP contribution in [0.25, 0.3) is 22.4 Å². The zero-order chi connectivity index (χ0) is 30.2. The molecule has 214 valence electrons. The Balaban J connectivity index is 1.67. The maximum Gasteiger partial charge on any atom is 0.255 e. The van der Waals surface area contributed by atoms with E-state index in [4.69, 9.17) is 5.73 Å². The molecule has 0 aromatic heterocycles. The molecule has 10 nitrogen and oxygen atoms in total. The van der Waals surface area contributed by atoms with Gasteiger partial charge in [-0.15, -0.1) is 0 Å². The molecule has 0 saturated heterocycles. The number of phenolic OH excluding ortho intramolecular Hbond substituents is 1. The van der Waals surface area contributed by atoms with Crippen molar-refractivity contribution >= 4 is 39.9 Å². The highest BCUT2D eigenvalue weighted by atomic mass is 16.4. The first-order chi connectivity index (χ1) is 19.9. The van der Waals surface area contributed by atoms with Crippen LogP contribution in [0.5, 0.6) is 5.75 Å². The molecular weight excluding hydrogens is 540 g/mol. The number of amides is 1. The molecule has 0 radical (unpaired) electrons. The minimum Gasteiger partial charge on any atom is -0.510 e. The van der Waals surface area contributed by atoms with E-state index in [9.17, 15) is 39.9 Å². The highest BCUT2D eigenvalue weighted by Gasteiger charge is 2.67. The summed E-state index contributed by atoms with van der Waals surface area (Å²) in [6.07, 6.45) is -0.0253. The second-order valence-electron chi connectivity index (χ2n) is 11.1. The van der Waals surface area contributed by atoms with Gasteiger partial charge < -0.3 is 31.3 Å². The largest absolute Gasteiger partial charge is 0.510 e. The van der Waals surface area contributed by atoms with Gasteiger partial charge in [-0.25, -0.2) is 0 Å². The highest BCUT2D eigenvalue weighted by molar-refractivity contribution is 6.25. The molecule has 7 N–H and O–H groups in total. The smallest absolute Gasteiger partial charge is 0.255 e. The van der Waals surface area contributed by atoms with Crippen molar-refractivity contribution in [1.29, 1.82) is 0 Å². The van der Waals surface area contributed by atoms with Crippen molar-refractivity contribution in [1.82, 2.24) is 4.90 Å². The van der Waals surface area contributed by atoms with Gasteiger partial charge in [-0.1, -0.05) is 54.6 Å². The molecule has 0 unspecified atom stereocenters. The van der Waals surface area contributed by atoms with Crippen molar-refractivity contribution in [2.24, 2.45) is 17.6 Å². The van der Waals surface area contributed by atoms with E-state index in [2.05, 4.69) is 0 Å². The lowest BCUT2D eigenvalue weighted by atomic mass is 9.56. The van der Waals surface area contributed by atoms with Gasteiger partial charge in [0, 0.05) is 5.92 Å². The quantitative estimate of drug-likeness (QED) is 0.258. The summed E-state index contributed by atoms with van der Waals surface area (Å²) in [6.45, 7) is 0. The number of rotatable bonds is 3. The number of Topliss-reactive ketones (excluding diaryl/α,β-unsaturated/α-hetero) is 2. The van der Waals surface area contributed by atoms with Gasteiger partial charge in [0.2, 0.25) is 5.78 Å². The number of carbonyl (C=O) groups excluding carboxylic acids is 3. The second kappa shape index (κ2) is 9.38. The average Bonchev–Trinajstić information content (AvgIpc) is 2.94. The summed E-state index contributed by atoms with van der Waals surface area (Å²) in [5.74, 6) is -8.83. The molecule has 0 heterocycles. The summed E-state index contributed by atoms with van der Waals surface area (Å²) in [7, 11) is 2.98. The maximum atomic E-state index is 13.9. The van der Waals surface area contributed by atoms with Crippen LogP contribution in [0, 0.1) is 11.8 Å². The Labute approximate surface area is 239 Å². The fourth-order valence-electron chi connectivity index (χ4n) is 6.79. The van der Waals surface area contributed by atoms with Gasteiger partial charge in [-0.3, -0.25) is 19.3 Å². The molecule has 10 heteroatoms. The van der Waals surface area contributed by atoms with Gasteiger partial charge in [-0.2, -0.15) is 0 Å². The van der Waals surface area contributed by atoms with E-state index in [0.717, 1.165) is 10.8 Å². The van der Waals surface area contributed by atoms with E-state index in [1.807, 2.05) is 42.5 Å². The molecule has 6 rings (SSSR count). The van der Waals surface area contributed by atoms with Crippen molar-refractivity contribution < 1.29 is 39.9 Å². The Bertz CT molecular complexity index is 1820. The molecular formula is C32H28N2O8. The second-order valence-corrected chi connectivity index (χ2v) is 11.1. The lowest BCUT2D eigenvalue weighted by Gasteiger charge is -2.52. The van der Waals surface area contributed by atoms with Gasteiger partial charge in [-0.05, 0) is 53.7 Å². The Morgan fingerprint density at radius 2 is 1.67 bits per heavy atom. The molecule has 3 aromatic carbocycles. The minimum absolute atomic E-state index is 0.183. The molecule has 0 fully saturated rings. The SMILES string of the molecule is CN(C)[C@H]1C(O)=C(C(N)=O)C(=O)[C@@]2(O)C(O)=C3C(=O)c4c(O)cccc4/C(=C\c4ccc5ccccc5c4)[C@@H]3[C@@H](O)[C@H]12. The van der Waals surface area contributed by atoms with E-state index in [-0.39, 0.29) is 5.56 Å². The first-order valence-corrected chi connectivity index (χ1v) is 13.2. The van der Waals surface area contributed by atoms with Crippen LogP contribution in [0.4, 0.5) is 0 Å². The predicted molar refractivity (Wildman–Crippen MR) is 153 cm³/mol. The van der Waals surface area contributed by atoms with Crippen LogP contribution in [0.1, 0.15) is 21.5 Å². The van der Waals surface area contributed by atoms with Crippen LogP contribution in [0.3, 0.4) is 0 Å². The first kappa shape index (κ1) is 27.4. The van der Waals surface area contributed by atoms with Gasteiger partial charge in [0.05, 0.1) is 29.2 Å². The zero-order valence-corrected chi connectivity index (χ0v) is 22.6. The summed E-state index contributed by atoms with van der Waals surface area (Å²) in [5, 5.41) is 59.2. The number of hydrogen-bond acceptors (Lipinski definition) is 9. The Hall–Kier alpha value is -4.77. The van der Waals surface area contributed by atoms with Crippen LogP contribution in [0.2, 0.25) is 0 Å². The Morgan fingerprint density at radius 3 is 2.33 bits per heavy atom. The number of fused-ring (bicyclic) bond motifs is 4. The molecule has 0 saturated carbocycles. The number of carbonyl (C=O) groups is 3. The third-order valence-electron chi connectivity index (χ3n) is 8.63. The van der Waals surface area contributed by atoms with Crippen molar-refractivity contribution in [3.05, 3.63) is 100 Å². The van der Waals surface area contributed by atoms with Crippen LogP contribution in [-0.2, 0) is 9.59 Å². The van der Waals surface area contributed by atoms with Crippen LogP contribution in [-0.4, -0.2) is 79.7 Å². The molecule has 0 bridgehead atoms. The predicted octanol–water partition coefficient (Wildman–Crippen LogP) is 2.24. The zero-order valence-electron chi connectivity index (χ0n) is 22.6. The standard InChI is InChI=1S/C32H28N2O8/c1-34(2)25-24-27(37)21-18(13-14-10-11-15-6-3-4-7-16(15)12-14)17-8-5-9-19(35)20(17)26(36)22(21)29(39)32(24,42)30(40)23(28(25)38)31(33)41/h3-13,21,24-25,27,35,37-39,42H,1-2H3,(H2,33,41)/b18-13+/t21-,24-,25+,27+,32-/m0/s1. The lowest BCUT2D eigenvalue weighted by Crippen LogP contribution is -2.68. The monoisotopic (exact) mass is 568 g/mol. The first-order valence-electron chi connectivity index (χ1n) is 13.2. The molecule has 3 aromatic rings. The van der Waals surface area contributed by atoms with E-state index in [1.165, 1.54) is 31.1 Å². The lowest BCUT2D eigenvalue weighted by molar-refractivity contribution is -0.159. The van der Waals surface area contributed by atoms with E-state index >= 15 is 0 Å². The number of aliphatic hydroxyl groups excluding tert-OH is 3. The molecule has 3 aliphatic rings. The molecule has 42 heavy (non-hydrogen) atoms. The van der Waals surface area contributed by atoms with Crippen LogP contribution >= 0.6 is 0 Å². The topological polar surface area (TPSA) is 182 Å². The summed E-state index contributed by atoms with van der Waals surface area (Å²) >= 11 is 0. The van der Waals surface area contributed by atoms with Gasteiger partial charge in [0.25, 0.3) is 5.91 Å². The number of nitrogens with zero attached hydrogens (tertiary/aromatic N) is 1. The normalized spacial score (nSPS) is 28.3. The number of benzene rings is 3. The number of phenols is 1. The number of nitrogens with two attached hydrogens (primary N) is 1. The Kier molecular flexibility index (Phi) is 6.12. The Morgan fingerprint density at radius 1 is 0.976 bits per heavy atom. The third-order valence-corrected chi connectivity index (χ3v) is 8.63. The number of likely N-dealkylation sites (N-methyl/N-ethyl adjacent to an activating group) is 1. The maximum absolute atomic E-state index is 13.9. The molecule has 1 amide bonds. The number of ketones is 2. The van der Waals surface area contributed by atoms with Crippen molar-refractivity contribution in [3.63, 3.8) is 0 Å². The molecule has 3 aliphatic carbocycles. The van der Waals surface area contributed by atoms with Gasteiger partial charge in [0.1, 0.15) is 22.8 Å². The summed E-state index contributed by atoms with van der Waals surface area (Å²) < 4.78 is 0. The van der Waals surface area contributed by atoms with Crippen molar-refractivity contribution in [2.75, 3.05) is 14.1 Å². The van der Waals surface area contributed by atoms with Crippen LogP contribution < -0.4 is 5.73 Å². The molecule has 5 atom stereocenters.